The minimum Gasteiger partial charge on any atom is -0.475 e. The Morgan fingerprint density at radius 3 is 2.79 bits per heavy atom. The Hall–Kier alpha value is -3.00. The fraction of sp³-hybridized carbons (Fsp3) is 0.250. The second-order valence-corrected chi connectivity index (χ2v) is 5.03. The molecule has 3 heterocycles. The largest absolute Gasteiger partial charge is 0.475 e. The number of methoxy groups -OCH3 is 1. The maximum absolute atomic E-state index is 5.68. The molecule has 0 saturated carbocycles. The van der Waals surface area contributed by atoms with E-state index in [0.717, 1.165) is 10.9 Å². The molecule has 24 heavy (non-hydrogen) atoms. The lowest BCUT2D eigenvalue weighted by Crippen LogP contribution is -2.06. The number of nitrogens with one attached hydrogen (secondary N) is 1. The van der Waals surface area contributed by atoms with Crippen LogP contribution in [0.1, 0.15) is 5.56 Å². The predicted octanol–water partition coefficient (Wildman–Crippen LogP) is 1.64. The van der Waals surface area contributed by atoms with Gasteiger partial charge in [-0.3, -0.25) is 0 Å². The maximum atomic E-state index is 5.68. The molecule has 3 rings (SSSR count). The highest BCUT2D eigenvalue weighted by molar-refractivity contribution is 5.86. The number of pyridine rings is 2. The summed E-state index contributed by atoms with van der Waals surface area (Å²) >= 11 is 0. The minimum atomic E-state index is 0.431. The third kappa shape index (κ3) is 3.85. The van der Waals surface area contributed by atoms with Gasteiger partial charge in [-0.05, 0) is 17.7 Å². The van der Waals surface area contributed by atoms with Gasteiger partial charge in [-0.25, -0.2) is 19.9 Å². The number of fused-ring (bicyclic) bond motifs is 1. The fourth-order valence-corrected chi connectivity index (χ4v) is 2.11. The smallest absolute Gasteiger partial charge is 0.213 e. The number of aromatic nitrogens is 4. The van der Waals surface area contributed by atoms with Gasteiger partial charge in [0.25, 0.3) is 0 Å². The van der Waals surface area contributed by atoms with Crippen LogP contribution in [-0.2, 0) is 11.3 Å². The summed E-state index contributed by atoms with van der Waals surface area (Å²) in [5, 5.41) is 4.08. The topological polar surface area (TPSA) is 108 Å². The first-order valence-corrected chi connectivity index (χ1v) is 7.44. The van der Waals surface area contributed by atoms with E-state index < -0.39 is 0 Å². The summed E-state index contributed by atoms with van der Waals surface area (Å²) in [6.07, 6.45) is 3.22. The highest BCUT2D eigenvalue weighted by Crippen LogP contribution is 2.19. The first kappa shape index (κ1) is 15.9. The summed E-state index contributed by atoms with van der Waals surface area (Å²) in [6, 6.07) is 7.35. The van der Waals surface area contributed by atoms with Gasteiger partial charge in [0.1, 0.15) is 24.6 Å². The van der Waals surface area contributed by atoms with Gasteiger partial charge in [0, 0.05) is 25.9 Å². The van der Waals surface area contributed by atoms with Crippen molar-refractivity contribution in [2.75, 3.05) is 31.4 Å². The van der Waals surface area contributed by atoms with Gasteiger partial charge in [-0.15, -0.1) is 0 Å². The Kier molecular flexibility index (Phi) is 4.97. The number of rotatable bonds is 7. The van der Waals surface area contributed by atoms with Gasteiger partial charge in [0.15, 0.2) is 5.65 Å². The van der Waals surface area contributed by atoms with E-state index in [4.69, 9.17) is 15.2 Å². The number of ether oxygens (including phenoxy) is 2. The Morgan fingerprint density at radius 2 is 2.00 bits per heavy atom. The zero-order valence-electron chi connectivity index (χ0n) is 13.3. The highest BCUT2D eigenvalue weighted by Gasteiger charge is 2.05. The van der Waals surface area contributed by atoms with Gasteiger partial charge in [0.2, 0.25) is 5.88 Å². The molecule has 0 fully saturated rings. The Balaban J connectivity index is 1.65. The SMILES string of the molecule is COCCOc1ccc(CNc2ncnc3nc(N)ccc23)cn1. The number of hydrogen-bond donors (Lipinski definition) is 2. The van der Waals surface area contributed by atoms with E-state index in [2.05, 4.69) is 25.3 Å². The van der Waals surface area contributed by atoms with Crippen molar-refractivity contribution in [3.05, 3.63) is 42.4 Å². The van der Waals surface area contributed by atoms with Crippen molar-refractivity contribution in [2.24, 2.45) is 0 Å². The normalized spacial score (nSPS) is 10.7. The molecule has 0 atom stereocenters. The van der Waals surface area contributed by atoms with E-state index >= 15 is 0 Å². The van der Waals surface area contributed by atoms with Crippen LogP contribution in [0.5, 0.6) is 5.88 Å². The van der Waals surface area contributed by atoms with Crippen molar-refractivity contribution >= 4 is 22.7 Å². The minimum absolute atomic E-state index is 0.431. The summed E-state index contributed by atoms with van der Waals surface area (Å²) in [5.74, 6) is 1.70. The highest BCUT2D eigenvalue weighted by atomic mass is 16.5. The van der Waals surface area contributed by atoms with Crippen molar-refractivity contribution in [1.29, 1.82) is 0 Å². The predicted molar refractivity (Wildman–Crippen MR) is 90.7 cm³/mol. The van der Waals surface area contributed by atoms with E-state index in [1.54, 1.807) is 19.4 Å². The number of anilines is 2. The monoisotopic (exact) mass is 326 g/mol. The second-order valence-electron chi connectivity index (χ2n) is 5.03. The first-order chi connectivity index (χ1) is 11.8. The van der Waals surface area contributed by atoms with Gasteiger partial charge in [-0.1, -0.05) is 6.07 Å². The van der Waals surface area contributed by atoms with E-state index in [1.165, 1.54) is 6.33 Å². The van der Waals surface area contributed by atoms with E-state index in [9.17, 15) is 0 Å². The van der Waals surface area contributed by atoms with Crippen molar-refractivity contribution in [2.45, 2.75) is 6.54 Å². The molecule has 0 unspecified atom stereocenters. The second kappa shape index (κ2) is 7.51. The quantitative estimate of drug-likeness (QED) is 0.631. The van der Waals surface area contributed by atoms with Crippen LogP contribution in [0, 0.1) is 0 Å². The van der Waals surface area contributed by atoms with Crippen LogP contribution in [0.2, 0.25) is 0 Å². The molecule has 0 saturated heterocycles. The summed E-state index contributed by atoms with van der Waals surface area (Å²) in [6.45, 7) is 1.58. The zero-order valence-corrected chi connectivity index (χ0v) is 13.3. The van der Waals surface area contributed by atoms with Crippen molar-refractivity contribution in [1.82, 2.24) is 19.9 Å². The van der Waals surface area contributed by atoms with E-state index in [1.807, 2.05) is 18.2 Å². The molecule has 0 amide bonds. The summed E-state index contributed by atoms with van der Waals surface area (Å²) in [4.78, 5) is 16.8. The number of nitrogens with zero attached hydrogens (tertiary/aromatic N) is 4. The molecule has 0 bridgehead atoms. The molecule has 0 aliphatic rings. The van der Waals surface area contributed by atoms with Crippen LogP contribution in [0.15, 0.2) is 36.8 Å². The Morgan fingerprint density at radius 1 is 1.08 bits per heavy atom. The van der Waals surface area contributed by atoms with Crippen molar-refractivity contribution in [3.8, 4) is 5.88 Å². The number of nitrogen functional groups attached to an aromatic ring is 1. The fourth-order valence-electron chi connectivity index (χ4n) is 2.11. The molecule has 0 aliphatic carbocycles. The van der Waals surface area contributed by atoms with Gasteiger partial charge >= 0.3 is 0 Å². The third-order valence-corrected chi connectivity index (χ3v) is 3.31. The molecule has 8 nitrogen and oxygen atoms in total. The van der Waals surface area contributed by atoms with E-state index in [0.29, 0.717) is 42.9 Å². The molecule has 0 aliphatic heterocycles. The molecular formula is C16H18N6O2. The molecule has 3 aromatic heterocycles. The van der Waals surface area contributed by atoms with Crippen LogP contribution in [0.3, 0.4) is 0 Å². The summed E-state index contributed by atoms with van der Waals surface area (Å²) in [5.41, 5.74) is 7.24. The molecule has 0 radical (unpaired) electrons. The molecule has 3 N–H and O–H groups in total. The molecule has 0 spiro atoms. The molecule has 3 aromatic rings. The summed E-state index contributed by atoms with van der Waals surface area (Å²) < 4.78 is 10.4. The zero-order chi connectivity index (χ0) is 16.8. The Labute approximate surface area is 139 Å². The average Bonchev–Trinajstić information content (AvgIpc) is 2.61. The summed E-state index contributed by atoms with van der Waals surface area (Å²) in [7, 11) is 1.63. The van der Waals surface area contributed by atoms with Crippen molar-refractivity contribution < 1.29 is 9.47 Å². The lowest BCUT2D eigenvalue weighted by Gasteiger charge is -2.09. The number of nitrogens with two attached hydrogens (primary N) is 1. The van der Waals surface area contributed by atoms with Crippen LogP contribution in [0.4, 0.5) is 11.6 Å². The van der Waals surface area contributed by atoms with Crippen LogP contribution >= 0.6 is 0 Å². The third-order valence-electron chi connectivity index (χ3n) is 3.31. The Bertz CT molecular complexity index is 809. The van der Waals surface area contributed by atoms with Gasteiger partial charge in [0.05, 0.1) is 12.0 Å². The standard InChI is InChI=1S/C16H18N6O2/c1-23-6-7-24-14-5-2-11(8-18-14)9-19-15-12-3-4-13(17)22-16(12)21-10-20-15/h2-5,8,10H,6-7,9H2,1H3,(H3,17,19,20,21,22). The van der Waals surface area contributed by atoms with Gasteiger partial charge in [-0.2, -0.15) is 0 Å². The molecular weight excluding hydrogens is 308 g/mol. The molecule has 0 aromatic carbocycles. The maximum Gasteiger partial charge on any atom is 0.213 e. The van der Waals surface area contributed by atoms with Crippen LogP contribution in [0.25, 0.3) is 11.0 Å². The molecule has 8 heteroatoms. The average molecular weight is 326 g/mol. The lowest BCUT2D eigenvalue weighted by molar-refractivity contribution is 0.143. The first-order valence-electron chi connectivity index (χ1n) is 7.44. The van der Waals surface area contributed by atoms with Gasteiger partial charge < -0.3 is 20.5 Å². The van der Waals surface area contributed by atoms with Crippen LogP contribution in [-0.4, -0.2) is 40.3 Å². The van der Waals surface area contributed by atoms with Crippen LogP contribution < -0.4 is 15.8 Å². The van der Waals surface area contributed by atoms with Crippen molar-refractivity contribution in [3.63, 3.8) is 0 Å². The number of hydrogen-bond acceptors (Lipinski definition) is 8. The van der Waals surface area contributed by atoms with E-state index in [-0.39, 0.29) is 0 Å². The lowest BCUT2D eigenvalue weighted by atomic mass is 10.2. The molecule has 124 valence electrons.